The number of hydrogen-bond acceptors (Lipinski definition) is 3. The molecule has 4 nitrogen and oxygen atoms in total. The second-order valence-corrected chi connectivity index (χ2v) is 6.72. The van der Waals surface area contributed by atoms with E-state index in [1.807, 2.05) is 13.8 Å². The van der Waals surface area contributed by atoms with Gasteiger partial charge in [-0.2, -0.15) is 0 Å². The Bertz CT molecular complexity index is 509. The third kappa shape index (κ3) is 5.76. The lowest BCUT2D eigenvalue weighted by molar-refractivity contribution is 0.0938. The van der Waals surface area contributed by atoms with E-state index < -0.39 is 0 Å². The topological polar surface area (TPSA) is 47.6 Å². The summed E-state index contributed by atoms with van der Waals surface area (Å²) in [5.41, 5.74) is 0.494. The minimum Gasteiger partial charge on any atom is -0.490 e. The first kappa shape index (κ1) is 18.6. The van der Waals surface area contributed by atoms with E-state index in [9.17, 15) is 4.79 Å². The van der Waals surface area contributed by atoms with Crippen LogP contribution < -0.4 is 14.8 Å². The van der Waals surface area contributed by atoms with E-state index in [-0.39, 0.29) is 11.3 Å². The van der Waals surface area contributed by atoms with Crippen LogP contribution in [-0.2, 0) is 0 Å². The Balaban J connectivity index is 2.99. The van der Waals surface area contributed by atoms with Crippen LogP contribution in [0, 0.1) is 5.41 Å². The fourth-order valence-electron chi connectivity index (χ4n) is 1.75. The Labute approximate surface area is 138 Å². The van der Waals surface area contributed by atoms with Crippen molar-refractivity contribution in [2.75, 3.05) is 19.8 Å². The Morgan fingerprint density at radius 1 is 1.23 bits per heavy atom. The van der Waals surface area contributed by atoms with E-state index in [1.165, 1.54) is 0 Å². The molecule has 0 saturated heterocycles. The minimum atomic E-state index is -0.167. The van der Waals surface area contributed by atoms with E-state index >= 15 is 0 Å². The van der Waals surface area contributed by atoms with Crippen LogP contribution in [0.1, 0.15) is 51.4 Å². The van der Waals surface area contributed by atoms with Crippen LogP contribution in [0.25, 0.3) is 0 Å². The van der Waals surface area contributed by atoms with Crippen molar-refractivity contribution in [3.8, 4) is 11.5 Å². The summed E-state index contributed by atoms with van der Waals surface area (Å²) in [6.45, 7) is 11.7. The predicted octanol–water partition coefficient (Wildman–Crippen LogP) is 4.30. The van der Waals surface area contributed by atoms with Gasteiger partial charge in [0.25, 0.3) is 5.91 Å². The molecule has 0 fully saturated rings. The standard InChI is InChI=1S/C17H26ClNO3/c1-6-8-22-15-13(18)9-12(10-14(15)21-7-2)16(20)19-11-17(3,4)5/h9-10H,6-8,11H2,1-5H3,(H,19,20). The maximum atomic E-state index is 12.3. The van der Waals surface area contributed by atoms with Crippen molar-refractivity contribution in [1.29, 1.82) is 0 Å². The van der Waals surface area contributed by atoms with E-state index in [0.717, 1.165) is 6.42 Å². The summed E-state index contributed by atoms with van der Waals surface area (Å²) >= 11 is 6.26. The molecule has 1 aromatic carbocycles. The predicted molar refractivity (Wildman–Crippen MR) is 90.2 cm³/mol. The Hall–Kier alpha value is -1.42. The molecule has 0 aromatic heterocycles. The van der Waals surface area contributed by atoms with Gasteiger partial charge in [-0.05, 0) is 30.9 Å². The molecule has 5 heteroatoms. The Morgan fingerprint density at radius 2 is 1.91 bits per heavy atom. The van der Waals surface area contributed by atoms with Crippen molar-refractivity contribution in [1.82, 2.24) is 5.32 Å². The van der Waals surface area contributed by atoms with E-state index in [0.29, 0.717) is 41.8 Å². The molecule has 0 aliphatic heterocycles. The molecule has 0 radical (unpaired) electrons. The number of hydrogen-bond donors (Lipinski definition) is 1. The van der Waals surface area contributed by atoms with Crippen LogP contribution in [0.15, 0.2) is 12.1 Å². The van der Waals surface area contributed by atoms with Gasteiger partial charge in [0.1, 0.15) is 0 Å². The normalized spacial score (nSPS) is 11.2. The number of rotatable bonds is 7. The zero-order valence-corrected chi connectivity index (χ0v) is 14.8. The van der Waals surface area contributed by atoms with Crippen LogP contribution in [0.5, 0.6) is 11.5 Å². The van der Waals surface area contributed by atoms with Crippen molar-refractivity contribution >= 4 is 17.5 Å². The molecule has 1 amide bonds. The lowest BCUT2D eigenvalue weighted by atomic mass is 9.97. The van der Waals surface area contributed by atoms with Gasteiger partial charge in [0.05, 0.1) is 18.2 Å². The third-order valence-electron chi connectivity index (χ3n) is 2.80. The zero-order valence-electron chi connectivity index (χ0n) is 14.1. The molecule has 0 aliphatic rings. The molecule has 1 N–H and O–H groups in total. The van der Waals surface area contributed by atoms with Crippen molar-refractivity contribution in [2.24, 2.45) is 5.41 Å². The summed E-state index contributed by atoms with van der Waals surface area (Å²) in [4.78, 5) is 12.3. The fraction of sp³-hybridized carbons (Fsp3) is 0.588. The van der Waals surface area contributed by atoms with Crippen LogP contribution in [-0.4, -0.2) is 25.7 Å². The van der Waals surface area contributed by atoms with Gasteiger partial charge >= 0.3 is 0 Å². The molecule has 0 bridgehead atoms. The number of amides is 1. The van der Waals surface area contributed by atoms with Crippen LogP contribution in [0.3, 0.4) is 0 Å². The third-order valence-corrected chi connectivity index (χ3v) is 3.08. The number of ether oxygens (including phenoxy) is 2. The minimum absolute atomic E-state index is 0.0202. The molecule has 0 unspecified atom stereocenters. The SMILES string of the molecule is CCCOc1c(Cl)cc(C(=O)NCC(C)(C)C)cc1OCC. The highest BCUT2D eigenvalue weighted by atomic mass is 35.5. The number of carbonyl (C=O) groups excluding carboxylic acids is 1. The molecule has 124 valence electrons. The Kier molecular flexibility index (Phi) is 7.01. The molecule has 1 rings (SSSR count). The molecular weight excluding hydrogens is 302 g/mol. The number of halogens is 1. The first-order valence-electron chi connectivity index (χ1n) is 7.65. The number of carbonyl (C=O) groups is 1. The second kappa shape index (κ2) is 8.28. The van der Waals surface area contributed by atoms with E-state index in [4.69, 9.17) is 21.1 Å². The van der Waals surface area contributed by atoms with Crippen molar-refractivity contribution < 1.29 is 14.3 Å². The van der Waals surface area contributed by atoms with Gasteiger partial charge in [-0.1, -0.05) is 39.3 Å². The van der Waals surface area contributed by atoms with E-state index in [2.05, 4.69) is 26.1 Å². The van der Waals surface area contributed by atoms with Gasteiger partial charge in [-0.3, -0.25) is 4.79 Å². The molecular formula is C17H26ClNO3. The van der Waals surface area contributed by atoms with Gasteiger partial charge in [0.15, 0.2) is 11.5 Å². The zero-order chi connectivity index (χ0) is 16.8. The first-order valence-corrected chi connectivity index (χ1v) is 8.03. The van der Waals surface area contributed by atoms with Gasteiger partial charge < -0.3 is 14.8 Å². The lowest BCUT2D eigenvalue weighted by Gasteiger charge is -2.19. The molecule has 0 spiro atoms. The average molecular weight is 328 g/mol. The van der Waals surface area contributed by atoms with Gasteiger partial charge in [0, 0.05) is 12.1 Å². The highest BCUT2D eigenvalue weighted by molar-refractivity contribution is 6.32. The first-order chi connectivity index (χ1) is 10.3. The summed E-state index contributed by atoms with van der Waals surface area (Å²) in [7, 11) is 0. The highest BCUT2D eigenvalue weighted by Gasteiger charge is 2.18. The monoisotopic (exact) mass is 327 g/mol. The molecule has 0 aliphatic carbocycles. The number of benzene rings is 1. The Morgan fingerprint density at radius 3 is 2.45 bits per heavy atom. The maximum absolute atomic E-state index is 12.3. The highest BCUT2D eigenvalue weighted by Crippen LogP contribution is 2.36. The smallest absolute Gasteiger partial charge is 0.251 e. The maximum Gasteiger partial charge on any atom is 0.251 e. The number of nitrogens with one attached hydrogen (secondary N) is 1. The van der Waals surface area contributed by atoms with Gasteiger partial charge in [0.2, 0.25) is 0 Å². The summed E-state index contributed by atoms with van der Waals surface area (Å²) in [6, 6.07) is 3.30. The van der Waals surface area contributed by atoms with Crippen LogP contribution >= 0.6 is 11.6 Å². The molecule has 1 aromatic rings. The van der Waals surface area contributed by atoms with Gasteiger partial charge in [-0.25, -0.2) is 0 Å². The quantitative estimate of drug-likeness (QED) is 0.812. The van der Waals surface area contributed by atoms with Crippen molar-refractivity contribution in [3.05, 3.63) is 22.7 Å². The molecule has 22 heavy (non-hydrogen) atoms. The summed E-state index contributed by atoms with van der Waals surface area (Å²) in [6.07, 6.45) is 0.871. The van der Waals surface area contributed by atoms with Crippen LogP contribution in [0.2, 0.25) is 5.02 Å². The molecule has 0 atom stereocenters. The second-order valence-electron chi connectivity index (χ2n) is 6.31. The van der Waals surface area contributed by atoms with Gasteiger partial charge in [-0.15, -0.1) is 0 Å². The van der Waals surface area contributed by atoms with Crippen molar-refractivity contribution in [2.45, 2.75) is 41.0 Å². The summed E-state index contributed by atoms with van der Waals surface area (Å²) < 4.78 is 11.2. The summed E-state index contributed by atoms with van der Waals surface area (Å²) in [5.74, 6) is 0.835. The summed E-state index contributed by atoms with van der Waals surface area (Å²) in [5, 5.41) is 3.29. The van der Waals surface area contributed by atoms with Crippen molar-refractivity contribution in [3.63, 3.8) is 0 Å². The fourth-order valence-corrected chi connectivity index (χ4v) is 2.02. The molecule has 0 saturated carbocycles. The van der Waals surface area contributed by atoms with Crippen LogP contribution in [0.4, 0.5) is 0 Å². The molecule has 0 heterocycles. The lowest BCUT2D eigenvalue weighted by Crippen LogP contribution is -2.32. The average Bonchev–Trinajstić information content (AvgIpc) is 2.43. The largest absolute Gasteiger partial charge is 0.490 e. The van der Waals surface area contributed by atoms with E-state index in [1.54, 1.807) is 12.1 Å².